The van der Waals surface area contributed by atoms with Gasteiger partial charge in [-0.3, -0.25) is 4.79 Å². The monoisotopic (exact) mass is 329 g/mol. The van der Waals surface area contributed by atoms with Crippen LogP contribution in [0.2, 0.25) is 0 Å². The van der Waals surface area contributed by atoms with Gasteiger partial charge in [-0.25, -0.2) is 0 Å². The SMILES string of the molecule is [2H]c1c([2H])c([2H])c2c(c1[2H])/C(=C/CCNC)c1cc(CC(=O)O)ccc1OC2([2H])[2H]. The van der Waals surface area contributed by atoms with Gasteiger partial charge in [0.05, 0.1) is 14.6 Å². The second kappa shape index (κ2) is 7.32. The summed E-state index contributed by atoms with van der Waals surface area (Å²) in [5.74, 6) is -0.888. The number of fused-ring (bicyclic) bond motifs is 2. The van der Waals surface area contributed by atoms with Gasteiger partial charge < -0.3 is 15.2 Å². The Morgan fingerprint density at radius 2 is 2.25 bits per heavy atom. The molecule has 2 N–H and O–H groups in total. The molecule has 0 unspecified atom stereocenters. The molecule has 4 heteroatoms. The highest BCUT2D eigenvalue weighted by Gasteiger charge is 2.19. The Labute approximate surface area is 150 Å². The van der Waals surface area contributed by atoms with E-state index >= 15 is 0 Å². The van der Waals surface area contributed by atoms with E-state index in [-0.39, 0.29) is 29.3 Å². The fraction of sp³-hybridized carbons (Fsp3) is 0.250. The molecule has 3 rings (SSSR count). The molecule has 0 saturated heterocycles. The summed E-state index contributed by atoms with van der Waals surface area (Å²) in [4.78, 5) is 11.2. The summed E-state index contributed by atoms with van der Waals surface area (Å²) < 4.78 is 55.2. The molecule has 0 aromatic heterocycles. The van der Waals surface area contributed by atoms with Crippen molar-refractivity contribution >= 4 is 11.5 Å². The predicted molar refractivity (Wildman–Crippen MR) is 94.2 cm³/mol. The van der Waals surface area contributed by atoms with Crippen LogP contribution in [0.25, 0.3) is 5.57 Å². The number of benzene rings is 2. The maximum atomic E-state index is 11.2. The van der Waals surface area contributed by atoms with Crippen molar-refractivity contribution in [2.24, 2.45) is 0 Å². The Balaban J connectivity index is 2.39. The Morgan fingerprint density at radius 3 is 3.04 bits per heavy atom. The van der Waals surface area contributed by atoms with E-state index in [1.54, 1.807) is 19.2 Å². The lowest BCUT2D eigenvalue weighted by molar-refractivity contribution is -0.136. The van der Waals surface area contributed by atoms with Gasteiger partial charge in [-0.1, -0.05) is 36.3 Å². The molecule has 0 amide bonds. The lowest BCUT2D eigenvalue weighted by atomic mass is 9.92. The van der Waals surface area contributed by atoms with E-state index in [0.717, 1.165) is 0 Å². The van der Waals surface area contributed by atoms with Crippen molar-refractivity contribution in [3.63, 3.8) is 0 Å². The first kappa shape index (κ1) is 10.3. The van der Waals surface area contributed by atoms with Crippen molar-refractivity contribution < 1.29 is 22.9 Å². The van der Waals surface area contributed by atoms with E-state index in [9.17, 15) is 4.79 Å². The Bertz CT molecular complexity index is 1050. The molecular weight excluding hydrogens is 302 g/mol. The highest BCUT2D eigenvalue weighted by molar-refractivity contribution is 5.85. The normalized spacial score (nSPS) is 20.1. The Morgan fingerprint density at radius 1 is 1.42 bits per heavy atom. The average molecular weight is 329 g/mol. The minimum atomic E-state index is -2.52. The summed E-state index contributed by atoms with van der Waals surface area (Å²) in [5, 5.41) is 12.1. The minimum absolute atomic E-state index is 0.0216. The number of carboxylic acid groups (broad SMARTS) is 1. The van der Waals surface area contributed by atoms with Crippen molar-refractivity contribution in [2.75, 3.05) is 13.6 Å². The van der Waals surface area contributed by atoms with Gasteiger partial charge in [-0.05, 0) is 54.4 Å². The van der Waals surface area contributed by atoms with Gasteiger partial charge in [0, 0.05) is 5.56 Å². The summed E-state index contributed by atoms with van der Waals surface area (Å²) in [7, 11) is 1.77. The number of hydrogen-bond acceptors (Lipinski definition) is 3. The van der Waals surface area contributed by atoms with Crippen LogP contribution >= 0.6 is 0 Å². The molecule has 2 aromatic carbocycles. The average Bonchev–Trinajstić information content (AvgIpc) is 2.76. The number of aliphatic carboxylic acids is 1. The van der Waals surface area contributed by atoms with E-state index in [1.165, 1.54) is 12.1 Å². The molecule has 124 valence electrons. The summed E-state index contributed by atoms with van der Waals surface area (Å²) in [5.41, 5.74) is 0.983. The molecule has 1 aliphatic rings. The zero-order valence-electron chi connectivity index (χ0n) is 19.2. The van der Waals surface area contributed by atoms with Crippen LogP contribution in [-0.4, -0.2) is 24.7 Å². The second-order valence-corrected chi connectivity index (χ2v) is 5.37. The fourth-order valence-corrected chi connectivity index (χ4v) is 2.57. The summed E-state index contributed by atoms with van der Waals surface area (Å²) in [6, 6.07) is 2.68. The maximum Gasteiger partial charge on any atom is 0.307 e. The van der Waals surface area contributed by atoms with Crippen molar-refractivity contribution in [1.29, 1.82) is 0 Å². The van der Waals surface area contributed by atoms with Crippen LogP contribution in [0.5, 0.6) is 5.75 Å². The molecule has 0 bridgehead atoms. The lowest BCUT2D eigenvalue weighted by Gasteiger charge is -2.12. The quantitative estimate of drug-likeness (QED) is 0.827. The lowest BCUT2D eigenvalue weighted by Crippen LogP contribution is -2.06. The highest BCUT2D eigenvalue weighted by Crippen LogP contribution is 2.37. The smallest absolute Gasteiger partial charge is 0.307 e. The van der Waals surface area contributed by atoms with Gasteiger partial charge in [0.2, 0.25) is 0 Å². The molecule has 0 atom stereocenters. The van der Waals surface area contributed by atoms with Crippen molar-refractivity contribution in [2.45, 2.75) is 19.4 Å². The van der Waals surface area contributed by atoms with Crippen LogP contribution in [0.3, 0.4) is 0 Å². The third-order valence-electron chi connectivity index (χ3n) is 3.65. The molecule has 0 radical (unpaired) electrons. The van der Waals surface area contributed by atoms with Crippen LogP contribution < -0.4 is 10.1 Å². The molecule has 0 saturated carbocycles. The van der Waals surface area contributed by atoms with Gasteiger partial charge in [0.25, 0.3) is 0 Å². The van der Waals surface area contributed by atoms with Gasteiger partial charge in [-0.2, -0.15) is 0 Å². The summed E-state index contributed by atoms with van der Waals surface area (Å²) in [6.45, 7) is -1.94. The van der Waals surface area contributed by atoms with E-state index in [4.69, 9.17) is 18.1 Å². The zero-order valence-corrected chi connectivity index (χ0v) is 13.2. The molecular formula is C20H21NO3. The van der Waals surface area contributed by atoms with Gasteiger partial charge in [0.15, 0.2) is 0 Å². The number of ether oxygens (including phenoxy) is 1. The number of rotatable bonds is 5. The molecule has 0 aliphatic carbocycles. The van der Waals surface area contributed by atoms with Crippen molar-refractivity contribution in [3.05, 3.63) is 70.7 Å². The number of hydrogen-bond donors (Lipinski definition) is 2. The van der Waals surface area contributed by atoms with Crippen molar-refractivity contribution in [1.82, 2.24) is 5.32 Å². The van der Waals surface area contributed by atoms with Crippen molar-refractivity contribution in [3.8, 4) is 5.75 Å². The standard InChI is InChI=1S/C20H21NO3/c1-21-10-4-7-17-16-6-3-2-5-15(16)13-24-19-9-8-14(11-18(17)19)12-20(22)23/h2-3,5-9,11,21H,4,10,12-13H2,1H3,(H,22,23)/b17-7-/i2D,3D,5D,6D,13D2. The molecule has 2 aromatic rings. The summed E-state index contributed by atoms with van der Waals surface area (Å²) in [6.07, 6.45) is 2.01. The van der Waals surface area contributed by atoms with Gasteiger partial charge >= 0.3 is 5.97 Å². The van der Waals surface area contributed by atoms with Crippen LogP contribution in [0.15, 0.2) is 48.4 Å². The second-order valence-electron chi connectivity index (χ2n) is 5.37. The first-order valence-electron chi connectivity index (χ1n) is 10.6. The molecule has 0 fully saturated rings. The topological polar surface area (TPSA) is 58.6 Å². The first-order chi connectivity index (χ1) is 14.1. The molecule has 0 spiro atoms. The van der Waals surface area contributed by atoms with Gasteiger partial charge in [-0.15, -0.1) is 0 Å². The van der Waals surface area contributed by atoms with E-state index in [0.29, 0.717) is 29.7 Å². The number of nitrogens with one attached hydrogen (secondary N) is 1. The molecule has 24 heavy (non-hydrogen) atoms. The first-order valence-corrected chi connectivity index (χ1v) is 7.58. The van der Waals surface area contributed by atoms with Crippen LogP contribution in [-0.2, 0) is 17.8 Å². The number of carbonyl (C=O) groups is 1. The Hall–Kier alpha value is -2.59. The third-order valence-corrected chi connectivity index (χ3v) is 3.65. The molecule has 4 nitrogen and oxygen atoms in total. The third kappa shape index (κ3) is 3.49. The maximum absolute atomic E-state index is 11.2. The Kier molecular flexibility index (Phi) is 3.15. The number of carboxylic acids is 1. The highest BCUT2D eigenvalue weighted by atomic mass is 16.5. The largest absolute Gasteiger partial charge is 0.488 e. The van der Waals surface area contributed by atoms with Gasteiger partial charge in [0.1, 0.15) is 12.3 Å². The molecule has 1 heterocycles. The van der Waals surface area contributed by atoms with Crippen LogP contribution in [0.4, 0.5) is 0 Å². The van der Waals surface area contributed by atoms with E-state index in [1.807, 2.05) is 0 Å². The van der Waals surface area contributed by atoms with Crippen LogP contribution in [0, 0.1) is 0 Å². The van der Waals surface area contributed by atoms with E-state index in [2.05, 4.69) is 5.32 Å². The predicted octanol–water partition coefficient (Wildman–Crippen LogP) is 3.25. The fourth-order valence-electron chi connectivity index (χ4n) is 2.57. The summed E-state index contributed by atoms with van der Waals surface area (Å²) >= 11 is 0. The minimum Gasteiger partial charge on any atom is -0.488 e. The van der Waals surface area contributed by atoms with Crippen LogP contribution in [0.1, 0.15) is 36.9 Å². The molecule has 1 aliphatic heterocycles. The zero-order chi connectivity index (χ0) is 22.2. The van der Waals surface area contributed by atoms with E-state index < -0.39 is 30.7 Å².